The molecule has 120 valence electrons. The van der Waals surface area contributed by atoms with Crippen LogP contribution in [0.2, 0.25) is 10.0 Å². The van der Waals surface area contributed by atoms with Crippen molar-refractivity contribution in [2.75, 3.05) is 5.32 Å². The normalized spacial score (nSPS) is 10.7. The smallest absolute Gasteiger partial charge is 0.350 e. The number of aliphatic carboxylic acids is 1. The van der Waals surface area contributed by atoms with Gasteiger partial charge in [0.05, 0.1) is 15.7 Å². The molecule has 0 bridgehead atoms. The number of nitrogens with one attached hydrogen (secondary N) is 1. The average Bonchev–Trinajstić information content (AvgIpc) is 2.53. The van der Waals surface area contributed by atoms with Gasteiger partial charge in [0.1, 0.15) is 6.61 Å². The zero-order valence-corrected chi connectivity index (χ0v) is 13.7. The lowest BCUT2D eigenvalue weighted by molar-refractivity contribution is -0.129. The molecule has 2 rings (SSSR count). The van der Waals surface area contributed by atoms with Crippen molar-refractivity contribution in [1.29, 1.82) is 0 Å². The first-order valence-electron chi connectivity index (χ1n) is 6.67. The molecular weight excluding hydrogens is 339 g/mol. The molecular formula is C16H14Cl2N2O3. The second-order valence-corrected chi connectivity index (χ2v) is 5.47. The molecule has 2 aromatic rings. The van der Waals surface area contributed by atoms with Gasteiger partial charge in [-0.2, -0.15) is 0 Å². The fraction of sp³-hybridized carbons (Fsp3) is 0.125. The van der Waals surface area contributed by atoms with Crippen LogP contribution in [-0.4, -0.2) is 17.3 Å². The highest BCUT2D eigenvalue weighted by Crippen LogP contribution is 2.35. The minimum absolute atomic E-state index is 0.105. The summed E-state index contributed by atoms with van der Waals surface area (Å²) >= 11 is 12.5. The summed E-state index contributed by atoms with van der Waals surface area (Å²) in [6.07, 6.45) is 0.685. The molecule has 23 heavy (non-hydrogen) atoms. The Hall–Kier alpha value is -2.24. The summed E-state index contributed by atoms with van der Waals surface area (Å²) in [7, 11) is 0. The number of aryl methyl sites for hydroxylation is 1. The van der Waals surface area contributed by atoms with Crippen molar-refractivity contribution < 1.29 is 14.7 Å². The van der Waals surface area contributed by atoms with Crippen molar-refractivity contribution in [2.45, 2.75) is 13.5 Å². The summed E-state index contributed by atoms with van der Waals surface area (Å²) < 4.78 is 0. The van der Waals surface area contributed by atoms with E-state index in [-0.39, 0.29) is 6.61 Å². The summed E-state index contributed by atoms with van der Waals surface area (Å²) in [5.41, 5.74) is 3.03. The van der Waals surface area contributed by atoms with Gasteiger partial charge in [0, 0.05) is 11.3 Å². The summed E-state index contributed by atoms with van der Waals surface area (Å²) in [4.78, 5) is 15.3. The fourth-order valence-corrected chi connectivity index (χ4v) is 2.33. The van der Waals surface area contributed by atoms with Crippen molar-refractivity contribution in [3.05, 3.63) is 57.6 Å². The molecule has 0 spiro atoms. The number of benzene rings is 2. The number of hydrogen-bond donors (Lipinski definition) is 2. The molecule has 0 amide bonds. The van der Waals surface area contributed by atoms with E-state index in [1.807, 2.05) is 37.3 Å². The lowest BCUT2D eigenvalue weighted by Gasteiger charge is -2.15. The first-order valence-corrected chi connectivity index (χ1v) is 7.42. The van der Waals surface area contributed by atoms with Crippen molar-refractivity contribution in [3.63, 3.8) is 0 Å². The SMILES string of the molecule is Cc1ccc(Cl)c(Nc2ccccc2CON=CC(=O)O)c1Cl. The Morgan fingerprint density at radius 3 is 2.78 bits per heavy atom. The van der Waals surface area contributed by atoms with E-state index < -0.39 is 5.97 Å². The summed E-state index contributed by atoms with van der Waals surface area (Å²) in [6.45, 7) is 1.99. The first-order chi connectivity index (χ1) is 11.0. The fourth-order valence-electron chi connectivity index (χ4n) is 1.86. The predicted molar refractivity (Wildman–Crippen MR) is 91.8 cm³/mol. The van der Waals surface area contributed by atoms with Gasteiger partial charge in [0.2, 0.25) is 0 Å². The number of carboxylic acid groups (broad SMARTS) is 1. The molecule has 0 fully saturated rings. The average molecular weight is 353 g/mol. The van der Waals surface area contributed by atoms with Crippen molar-refractivity contribution in [1.82, 2.24) is 0 Å². The van der Waals surface area contributed by atoms with Crippen LogP contribution in [0.15, 0.2) is 41.6 Å². The van der Waals surface area contributed by atoms with Crippen LogP contribution in [0.5, 0.6) is 0 Å². The number of carboxylic acids is 1. The molecule has 0 aromatic heterocycles. The highest BCUT2D eigenvalue weighted by Gasteiger charge is 2.11. The Morgan fingerprint density at radius 2 is 2.04 bits per heavy atom. The summed E-state index contributed by atoms with van der Waals surface area (Å²) in [5, 5.41) is 16.1. The van der Waals surface area contributed by atoms with Gasteiger partial charge in [-0.25, -0.2) is 4.79 Å². The topological polar surface area (TPSA) is 70.9 Å². The Labute approximate surface area is 143 Å². The van der Waals surface area contributed by atoms with Crippen LogP contribution < -0.4 is 5.32 Å². The lowest BCUT2D eigenvalue weighted by Crippen LogP contribution is -2.00. The van der Waals surface area contributed by atoms with Gasteiger partial charge in [0.25, 0.3) is 0 Å². The number of rotatable bonds is 6. The molecule has 0 radical (unpaired) electrons. The van der Waals surface area contributed by atoms with Crippen LogP contribution >= 0.6 is 23.2 Å². The molecule has 0 aliphatic rings. The molecule has 0 heterocycles. The van der Waals surface area contributed by atoms with E-state index >= 15 is 0 Å². The summed E-state index contributed by atoms with van der Waals surface area (Å²) in [6, 6.07) is 11.0. The zero-order valence-electron chi connectivity index (χ0n) is 12.2. The third kappa shape index (κ3) is 4.61. The van der Waals surface area contributed by atoms with Gasteiger partial charge in [-0.1, -0.05) is 52.6 Å². The van der Waals surface area contributed by atoms with Crippen molar-refractivity contribution >= 4 is 46.8 Å². The van der Waals surface area contributed by atoms with Gasteiger partial charge >= 0.3 is 5.97 Å². The van der Waals surface area contributed by atoms with Crippen LogP contribution in [0, 0.1) is 6.92 Å². The van der Waals surface area contributed by atoms with Gasteiger partial charge in [-0.15, -0.1) is 0 Å². The largest absolute Gasteiger partial charge is 0.477 e. The minimum Gasteiger partial charge on any atom is -0.477 e. The molecule has 7 heteroatoms. The molecule has 0 saturated heterocycles. The number of nitrogens with zero attached hydrogens (tertiary/aromatic N) is 1. The van der Waals surface area contributed by atoms with Crippen molar-refractivity contribution in [3.8, 4) is 0 Å². The van der Waals surface area contributed by atoms with Crippen molar-refractivity contribution in [2.24, 2.45) is 5.16 Å². The number of oxime groups is 1. The Morgan fingerprint density at radius 1 is 1.30 bits per heavy atom. The van der Waals surface area contributed by atoms with Crippen LogP contribution in [0.25, 0.3) is 0 Å². The van der Waals surface area contributed by atoms with Gasteiger partial charge in [0.15, 0.2) is 6.21 Å². The predicted octanol–water partition coefficient (Wildman–Crippen LogP) is 4.63. The zero-order chi connectivity index (χ0) is 16.8. The number of hydrogen-bond acceptors (Lipinski definition) is 4. The molecule has 0 aliphatic heterocycles. The van der Waals surface area contributed by atoms with Crippen LogP contribution in [-0.2, 0) is 16.2 Å². The number of halogens is 2. The molecule has 0 saturated carbocycles. The monoisotopic (exact) mass is 352 g/mol. The second-order valence-electron chi connectivity index (χ2n) is 4.68. The quantitative estimate of drug-likeness (QED) is 0.587. The number of para-hydroxylation sites is 1. The third-order valence-corrected chi connectivity index (χ3v) is 3.82. The molecule has 0 atom stereocenters. The maximum atomic E-state index is 10.4. The van der Waals surface area contributed by atoms with Crippen LogP contribution in [0.3, 0.4) is 0 Å². The van der Waals surface area contributed by atoms with E-state index in [0.29, 0.717) is 21.9 Å². The highest BCUT2D eigenvalue weighted by molar-refractivity contribution is 6.39. The lowest BCUT2D eigenvalue weighted by atomic mass is 10.1. The molecule has 2 aromatic carbocycles. The molecule has 2 N–H and O–H groups in total. The Kier molecular flexibility index (Phi) is 5.84. The highest BCUT2D eigenvalue weighted by atomic mass is 35.5. The second kappa shape index (κ2) is 7.85. The standard InChI is InChI=1S/C16H14Cl2N2O3/c1-10-6-7-12(17)16(15(10)18)20-13-5-3-2-4-11(13)9-23-19-8-14(21)22/h2-8,20H,9H2,1H3,(H,21,22). The van der Waals surface area contributed by atoms with Crippen LogP contribution in [0.1, 0.15) is 11.1 Å². The maximum absolute atomic E-state index is 10.4. The number of carbonyl (C=O) groups is 1. The van der Waals surface area contributed by atoms with E-state index in [1.165, 1.54) is 0 Å². The van der Waals surface area contributed by atoms with E-state index in [9.17, 15) is 4.79 Å². The molecule has 5 nitrogen and oxygen atoms in total. The first kappa shape index (κ1) is 17.1. The van der Waals surface area contributed by atoms with Crippen LogP contribution in [0.4, 0.5) is 11.4 Å². The van der Waals surface area contributed by atoms with E-state index in [2.05, 4.69) is 10.5 Å². The molecule has 0 aliphatic carbocycles. The summed E-state index contributed by atoms with van der Waals surface area (Å²) in [5.74, 6) is -1.17. The Balaban J connectivity index is 2.21. The van der Waals surface area contributed by atoms with E-state index in [1.54, 1.807) is 6.07 Å². The van der Waals surface area contributed by atoms with Gasteiger partial charge in [-0.05, 0) is 24.6 Å². The maximum Gasteiger partial charge on any atom is 0.350 e. The van der Waals surface area contributed by atoms with E-state index in [0.717, 1.165) is 16.8 Å². The van der Waals surface area contributed by atoms with Gasteiger partial charge < -0.3 is 15.3 Å². The molecule has 0 unspecified atom stereocenters. The van der Waals surface area contributed by atoms with Gasteiger partial charge in [-0.3, -0.25) is 0 Å². The number of anilines is 2. The minimum atomic E-state index is -1.17. The third-order valence-electron chi connectivity index (χ3n) is 3.02. The Bertz CT molecular complexity index is 748. The van der Waals surface area contributed by atoms with E-state index in [4.69, 9.17) is 33.1 Å².